The van der Waals surface area contributed by atoms with E-state index in [-0.39, 0.29) is 10.8 Å². The van der Waals surface area contributed by atoms with Crippen molar-refractivity contribution < 1.29 is 13.2 Å². The van der Waals surface area contributed by atoms with Gasteiger partial charge in [-0.3, -0.25) is 4.79 Å². The molecule has 3 aromatic carbocycles. The molecule has 0 bridgehead atoms. The molecule has 168 valence electrons. The first kappa shape index (κ1) is 22.0. The number of carbonyl (C=O) groups excluding carboxylic acids is 1. The molecule has 33 heavy (non-hydrogen) atoms. The SMILES string of the molecule is O=C(Nc1nc(-c2cccc3ccccc23)cs1)C1CCCN1S(=O)(=O)c1ccc(Cl)cc1. The van der Waals surface area contributed by atoms with Crippen LogP contribution in [-0.4, -0.2) is 36.2 Å². The molecule has 1 N–H and O–H groups in total. The quantitative estimate of drug-likeness (QED) is 0.400. The van der Waals surface area contributed by atoms with Gasteiger partial charge in [0.1, 0.15) is 6.04 Å². The van der Waals surface area contributed by atoms with E-state index in [2.05, 4.69) is 10.3 Å². The van der Waals surface area contributed by atoms with Crippen molar-refractivity contribution in [3.8, 4) is 11.3 Å². The normalized spacial score (nSPS) is 16.8. The maximum absolute atomic E-state index is 13.1. The van der Waals surface area contributed by atoms with Crippen LogP contribution >= 0.6 is 22.9 Å². The maximum atomic E-state index is 13.1. The van der Waals surface area contributed by atoms with Gasteiger partial charge >= 0.3 is 0 Å². The van der Waals surface area contributed by atoms with Crippen LogP contribution in [0.4, 0.5) is 5.13 Å². The Morgan fingerprint density at radius 2 is 1.82 bits per heavy atom. The van der Waals surface area contributed by atoms with Gasteiger partial charge in [-0.05, 0) is 47.9 Å². The van der Waals surface area contributed by atoms with E-state index in [1.54, 1.807) is 0 Å². The van der Waals surface area contributed by atoms with E-state index in [1.807, 2.05) is 47.8 Å². The second-order valence-electron chi connectivity index (χ2n) is 7.78. The van der Waals surface area contributed by atoms with Crippen LogP contribution in [-0.2, 0) is 14.8 Å². The number of halogens is 1. The fourth-order valence-corrected chi connectivity index (χ4v) is 6.62. The topological polar surface area (TPSA) is 79.4 Å². The standard InChI is InChI=1S/C24H20ClN3O3S2/c25-17-10-12-18(13-11-17)33(30,31)28-14-4-9-22(28)23(29)27-24-26-21(15-32-24)20-8-3-6-16-5-1-2-7-19(16)20/h1-3,5-8,10-13,15,22H,4,9,14H2,(H,26,27,29). The third-order valence-corrected chi connectivity index (χ3v) is 8.66. The maximum Gasteiger partial charge on any atom is 0.244 e. The summed E-state index contributed by atoms with van der Waals surface area (Å²) in [6.45, 7) is 0.294. The summed E-state index contributed by atoms with van der Waals surface area (Å²) in [6, 6.07) is 19.3. The predicted octanol–water partition coefficient (Wildman–Crippen LogP) is 5.41. The number of hydrogen-bond donors (Lipinski definition) is 1. The lowest BCUT2D eigenvalue weighted by Crippen LogP contribution is -2.43. The van der Waals surface area contributed by atoms with E-state index in [0.717, 1.165) is 22.0 Å². The van der Waals surface area contributed by atoms with E-state index < -0.39 is 16.1 Å². The highest BCUT2D eigenvalue weighted by atomic mass is 35.5. The molecule has 1 unspecified atom stereocenters. The molecule has 0 radical (unpaired) electrons. The number of fused-ring (bicyclic) bond motifs is 1. The predicted molar refractivity (Wildman–Crippen MR) is 132 cm³/mol. The molecule has 1 fully saturated rings. The van der Waals surface area contributed by atoms with Crippen molar-refractivity contribution in [2.75, 3.05) is 11.9 Å². The minimum Gasteiger partial charge on any atom is -0.301 e. The first-order valence-electron chi connectivity index (χ1n) is 10.5. The average Bonchev–Trinajstić information content (AvgIpc) is 3.49. The van der Waals surface area contributed by atoms with Gasteiger partial charge in [0.2, 0.25) is 15.9 Å². The number of amides is 1. The summed E-state index contributed by atoms with van der Waals surface area (Å²) in [6.07, 6.45) is 1.07. The minimum atomic E-state index is -3.81. The van der Waals surface area contributed by atoms with Gasteiger partial charge in [0, 0.05) is 22.5 Å². The number of sulfonamides is 1. The number of nitrogens with one attached hydrogen (secondary N) is 1. The van der Waals surface area contributed by atoms with Crippen LogP contribution in [0.15, 0.2) is 77.0 Å². The Kier molecular flexibility index (Phi) is 5.92. The molecule has 1 amide bonds. The van der Waals surface area contributed by atoms with Crippen molar-refractivity contribution in [1.29, 1.82) is 0 Å². The van der Waals surface area contributed by atoms with Gasteiger partial charge in [-0.2, -0.15) is 4.31 Å². The third-order valence-electron chi connectivity index (χ3n) is 5.73. The summed E-state index contributed by atoms with van der Waals surface area (Å²) < 4.78 is 27.5. The molecule has 0 aliphatic carbocycles. The zero-order valence-electron chi connectivity index (χ0n) is 17.4. The van der Waals surface area contributed by atoms with Gasteiger partial charge in [0.15, 0.2) is 5.13 Å². The van der Waals surface area contributed by atoms with Gasteiger partial charge in [0.05, 0.1) is 10.6 Å². The highest BCUT2D eigenvalue weighted by molar-refractivity contribution is 7.89. The molecule has 0 saturated carbocycles. The number of aromatic nitrogens is 1. The Labute approximate surface area is 200 Å². The van der Waals surface area contributed by atoms with Crippen LogP contribution in [0, 0.1) is 0 Å². The molecule has 1 aromatic heterocycles. The molecule has 0 spiro atoms. The highest BCUT2D eigenvalue weighted by Crippen LogP contribution is 2.32. The van der Waals surface area contributed by atoms with Crippen molar-refractivity contribution in [2.24, 2.45) is 0 Å². The van der Waals surface area contributed by atoms with Gasteiger partial charge in [-0.1, -0.05) is 54.1 Å². The molecule has 1 saturated heterocycles. The van der Waals surface area contributed by atoms with Crippen molar-refractivity contribution in [1.82, 2.24) is 9.29 Å². The molecular formula is C24H20ClN3O3S2. The van der Waals surface area contributed by atoms with Crippen molar-refractivity contribution in [2.45, 2.75) is 23.8 Å². The van der Waals surface area contributed by atoms with E-state index in [0.29, 0.717) is 29.5 Å². The molecule has 6 nitrogen and oxygen atoms in total. The Hall–Kier alpha value is -2.78. The lowest BCUT2D eigenvalue weighted by Gasteiger charge is -2.23. The number of rotatable bonds is 5. The summed E-state index contributed by atoms with van der Waals surface area (Å²) in [4.78, 5) is 17.8. The van der Waals surface area contributed by atoms with E-state index in [9.17, 15) is 13.2 Å². The zero-order valence-corrected chi connectivity index (χ0v) is 19.8. The second kappa shape index (κ2) is 8.87. The van der Waals surface area contributed by atoms with Crippen molar-refractivity contribution >= 4 is 54.8 Å². The molecule has 5 rings (SSSR count). The summed E-state index contributed by atoms with van der Waals surface area (Å²) in [5.41, 5.74) is 1.75. The average molecular weight is 498 g/mol. The fourth-order valence-electron chi connectivity index (χ4n) is 4.12. The first-order valence-corrected chi connectivity index (χ1v) is 13.2. The van der Waals surface area contributed by atoms with E-state index >= 15 is 0 Å². The van der Waals surface area contributed by atoms with Crippen molar-refractivity contribution in [3.05, 3.63) is 77.1 Å². The van der Waals surface area contributed by atoms with E-state index in [1.165, 1.54) is 39.9 Å². The molecular weight excluding hydrogens is 478 g/mol. The van der Waals surface area contributed by atoms with Crippen LogP contribution in [0.3, 0.4) is 0 Å². The monoisotopic (exact) mass is 497 g/mol. The van der Waals surface area contributed by atoms with Crippen LogP contribution in [0.5, 0.6) is 0 Å². The number of anilines is 1. The Morgan fingerprint density at radius 1 is 1.06 bits per heavy atom. The lowest BCUT2D eigenvalue weighted by atomic mass is 10.0. The van der Waals surface area contributed by atoms with Crippen LogP contribution in [0.25, 0.3) is 22.0 Å². The lowest BCUT2D eigenvalue weighted by molar-refractivity contribution is -0.119. The summed E-state index contributed by atoms with van der Waals surface area (Å²) >= 11 is 7.21. The fraction of sp³-hybridized carbons (Fsp3) is 0.167. The molecule has 1 aliphatic rings. The highest BCUT2D eigenvalue weighted by Gasteiger charge is 2.39. The number of benzene rings is 3. The third kappa shape index (κ3) is 4.27. The Morgan fingerprint density at radius 3 is 2.64 bits per heavy atom. The van der Waals surface area contributed by atoms with Crippen molar-refractivity contribution in [3.63, 3.8) is 0 Å². The van der Waals surface area contributed by atoms with Gasteiger partial charge in [-0.25, -0.2) is 13.4 Å². The molecule has 1 aliphatic heterocycles. The number of nitrogens with zero attached hydrogens (tertiary/aromatic N) is 2. The van der Waals surface area contributed by atoms with E-state index in [4.69, 9.17) is 11.6 Å². The Bertz CT molecular complexity index is 1430. The van der Waals surface area contributed by atoms with Crippen LogP contribution in [0.1, 0.15) is 12.8 Å². The number of thiazole rings is 1. The summed E-state index contributed by atoms with van der Waals surface area (Å²) in [7, 11) is -3.81. The van der Waals surface area contributed by atoms with Crippen LogP contribution < -0.4 is 5.32 Å². The first-order chi connectivity index (χ1) is 15.9. The minimum absolute atomic E-state index is 0.124. The molecule has 1 atom stereocenters. The van der Waals surface area contributed by atoms with Crippen LogP contribution in [0.2, 0.25) is 5.02 Å². The largest absolute Gasteiger partial charge is 0.301 e. The van der Waals surface area contributed by atoms with Gasteiger partial charge in [-0.15, -0.1) is 11.3 Å². The molecule has 9 heteroatoms. The van der Waals surface area contributed by atoms with Gasteiger partial charge in [0.25, 0.3) is 0 Å². The smallest absolute Gasteiger partial charge is 0.244 e. The second-order valence-corrected chi connectivity index (χ2v) is 11.0. The summed E-state index contributed by atoms with van der Waals surface area (Å²) in [5.74, 6) is -0.371. The Balaban J connectivity index is 1.37. The van der Waals surface area contributed by atoms with Gasteiger partial charge < -0.3 is 5.32 Å². The number of hydrogen-bond acceptors (Lipinski definition) is 5. The summed E-state index contributed by atoms with van der Waals surface area (Å²) in [5, 5.41) is 7.82. The number of carbonyl (C=O) groups is 1. The zero-order chi connectivity index (χ0) is 23.0. The molecule has 2 heterocycles. The molecule has 4 aromatic rings.